The molecule has 19 heavy (non-hydrogen) atoms. The second kappa shape index (κ2) is 5.59. The van der Waals surface area contributed by atoms with Gasteiger partial charge in [-0.05, 0) is 31.0 Å². The number of nitrogens with one attached hydrogen (secondary N) is 1. The third-order valence-electron chi connectivity index (χ3n) is 2.93. The Morgan fingerprint density at radius 1 is 1.47 bits per heavy atom. The summed E-state index contributed by atoms with van der Waals surface area (Å²) in [6.07, 6.45) is 1.69. The zero-order valence-electron chi connectivity index (χ0n) is 10.5. The van der Waals surface area contributed by atoms with E-state index in [-0.39, 0.29) is 5.56 Å². The molecule has 2 N–H and O–H groups in total. The molecule has 0 fully saturated rings. The molecule has 2 aromatic rings. The molecule has 100 valence electrons. The normalized spacial score (nSPS) is 10.5. The SMILES string of the molecule is Cc1ccc(C(=O)O)c(NCc2cnc(Cl)s2)c1C. The van der Waals surface area contributed by atoms with E-state index in [9.17, 15) is 9.90 Å². The minimum atomic E-state index is -0.937. The molecule has 0 radical (unpaired) electrons. The summed E-state index contributed by atoms with van der Waals surface area (Å²) in [7, 11) is 0. The Labute approximate surface area is 120 Å². The van der Waals surface area contributed by atoms with E-state index in [1.807, 2.05) is 19.9 Å². The van der Waals surface area contributed by atoms with Crippen LogP contribution >= 0.6 is 22.9 Å². The topological polar surface area (TPSA) is 62.2 Å². The number of aromatic carboxylic acids is 1. The average Bonchev–Trinajstić information content (AvgIpc) is 2.76. The van der Waals surface area contributed by atoms with Gasteiger partial charge in [-0.15, -0.1) is 11.3 Å². The summed E-state index contributed by atoms with van der Waals surface area (Å²) in [5.74, 6) is -0.937. The van der Waals surface area contributed by atoms with Crippen LogP contribution in [-0.4, -0.2) is 16.1 Å². The second-order valence-corrected chi connectivity index (χ2v) is 5.87. The number of hydrogen-bond donors (Lipinski definition) is 2. The minimum Gasteiger partial charge on any atom is -0.478 e. The molecule has 1 aromatic carbocycles. The molecule has 4 nitrogen and oxygen atoms in total. The van der Waals surface area contributed by atoms with E-state index in [1.54, 1.807) is 12.3 Å². The van der Waals surface area contributed by atoms with Crippen molar-refractivity contribution >= 4 is 34.6 Å². The van der Waals surface area contributed by atoms with Crippen molar-refractivity contribution in [1.29, 1.82) is 0 Å². The van der Waals surface area contributed by atoms with Gasteiger partial charge in [-0.2, -0.15) is 0 Å². The molecular formula is C13H13ClN2O2S. The Balaban J connectivity index is 2.28. The van der Waals surface area contributed by atoms with Crippen molar-refractivity contribution in [1.82, 2.24) is 4.98 Å². The summed E-state index contributed by atoms with van der Waals surface area (Å²) in [4.78, 5) is 16.1. The molecule has 0 aliphatic carbocycles. The van der Waals surface area contributed by atoms with Crippen LogP contribution in [0.25, 0.3) is 0 Å². The highest BCUT2D eigenvalue weighted by Gasteiger charge is 2.13. The average molecular weight is 297 g/mol. The predicted molar refractivity (Wildman–Crippen MR) is 77.3 cm³/mol. The maximum absolute atomic E-state index is 11.2. The van der Waals surface area contributed by atoms with Gasteiger partial charge in [0.2, 0.25) is 0 Å². The number of nitrogens with zero attached hydrogens (tertiary/aromatic N) is 1. The number of thiazole rings is 1. The smallest absolute Gasteiger partial charge is 0.337 e. The van der Waals surface area contributed by atoms with Gasteiger partial charge >= 0.3 is 5.97 Å². The monoisotopic (exact) mass is 296 g/mol. The van der Waals surface area contributed by atoms with Gasteiger partial charge < -0.3 is 10.4 Å². The summed E-state index contributed by atoms with van der Waals surface area (Å²) >= 11 is 7.14. The van der Waals surface area contributed by atoms with Gasteiger partial charge in [-0.3, -0.25) is 0 Å². The van der Waals surface area contributed by atoms with Gasteiger partial charge in [0.05, 0.1) is 17.8 Å². The molecule has 0 saturated carbocycles. The Morgan fingerprint density at radius 3 is 2.79 bits per heavy atom. The fraction of sp³-hybridized carbons (Fsp3) is 0.231. The van der Waals surface area contributed by atoms with Crippen molar-refractivity contribution < 1.29 is 9.90 Å². The molecule has 0 unspecified atom stereocenters. The van der Waals surface area contributed by atoms with Crippen molar-refractivity contribution in [2.24, 2.45) is 0 Å². The molecule has 1 aromatic heterocycles. The third kappa shape index (κ3) is 3.05. The zero-order chi connectivity index (χ0) is 14.0. The fourth-order valence-corrected chi connectivity index (χ4v) is 2.68. The van der Waals surface area contributed by atoms with Crippen LogP contribution in [0.15, 0.2) is 18.3 Å². The van der Waals surface area contributed by atoms with E-state index in [4.69, 9.17) is 11.6 Å². The van der Waals surface area contributed by atoms with E-state index < -0.39 is 5.97 Å². The highest BCUT2D eigenvalue weighted by Crippen LogP contribution is 2.26. The van der Waals surface area contributed by atoms with Gasteiger partial charge in [0.1, 0.15) is 0 Å². The third-order valence-corrected chi connectivity index (χ3v) is 4.05. The Morgan fingerprint density at radius 2 is 2.21 bits per heavy atom. The number of halogens is 1. The van der Waals surface area contributed by atoms with Gasteiger partial charge in [0.15, 0.2) is 4.47 Å². The number of carboxylic acid groups (broad SMARTS) is 1. The van der Waals surface area contributed by atoms with Gasteiger partial charge in [-0.25, -0.2) is 9.78 Å². The van der Waals surface area contributed by atoms with Crippen LogP contribution in [0, 0.1) is 13.8 Å². The molecule has 0 saturated heterocycles. The highest BCUT2D eigenvalue weighted by atomic mass is 35.5. The van der Waals surface area contributed by atoms with Gasteiger partial charge in [0, 0.05) is 11.1 Å². The number of benzene rings is 1. The summed E-state index contributed by atoms with van der Waals surface area (Å²) in [6.45, 7) is 4.37. The standard InChI is InChI=1S/C13H13ClN2O2S/c1-7-3-4-10(12(17)18)11(8(7)2)15-5-9-6-16-13(14)19-9/h3-4,6,15H,5H2,1-2H3,(H,17,18). The Kier molecular flexibility index (Phi) is 4.07. The maximum Gasteiger partial charge on any atom is 0.337 e. The molecule has 0 bridgehead atoms. The first-order chi connectivity index (χ1) is 8.99. The maximum atomic E-state index is 11.2. The lowest BCUT2D eigenvalue weighted by molar-refractivity contribution is 0.0698. The van der Waals surface area contributed by atoms with Crippen LogP contribution in [0.1, 0.15) is 26.4 Å². The van der Waals surface area contributed by atoms with E-state index in [0.29, 0.717) is 16.7 Å². The van der Waals surface area contributed by atoms with E-state index >= 15 is 0 Å². The molecule has 0 aliphatic rings. The predicted octanol–water partition coefficient (Wildman–Crippen LogP) is 3.72. The van der Waals surface area contributed by atoms with Crippen LogP contribution in [0.4, 0.5) is 5.69 Å². The lowest BCUT2D eigenvalue weighted by atomic mass is 10.0. The van der Waals surface area contributed by atoms with Crippen LogP contribution in [-0.2, 0) is 6.54 Å². The van der Waals surface area contributed by atoms with Crippen molar-refractivity contribution in [2.45, 2.75) is 20.4 Å². The molecular weight excluding hydrogens is 284 g/mol. The van der Waals surface area contributed by atoms with Crippen LogP contribution in [0.2, 0.25) is 4.47 Å². The first-order valence-electron chi connectivity index (χ1n) is 5.66. The summed E-state index contributed by atoms with van der Waals surface area (Å²) in [5, 5.41) is 12.4. The quantitative estimate of drug-likeness (QED) is 0.902. The molecule has 0 atom stereocenters. The number of aromatic nitrogens is 1. The molecule has 1 heterocycles. The lowest BCUT2D eigenvalue weighted by Crippen LogP contribution is -2.08. The molecule has 6 heteroatoms. The zero-order valence-corrected chi connectivity index (χ0v) is 12.1. The number of hydrogen-bond acceptors (Lipinski definition) is 4. The first-order valence-corrected chi connectivity index (χ1v) is 6.86. The number of rotatable bonds is 4. The van der Waals surface area contributed by atoms with E-state index in [0.717, 1.165) is 16.0 Å². The summed E-state index contributed by atoms with van der Waals surface area (Å²) in [5.41, 5.74) is 2.92. The van der Waals surface area contributed by atoms with Gasteiger partial charge in [-0.1, -0.05) is 17.7 Å². The van der Waals surface area contributed by atoms with Crippen molar-refractivity contribution in [3.63, 3.8) is 0 Å². The lowest BCUT2D eigenvalue weighted by Gasteiger charge is -2.13. The first kappa shape index (κ1) is 13.8. The van der Waals surface area contributed by atoms with Crippen LogP contribution in [0.5, 0.6) is 0 Å². The second-order valence-electron chi connectivity index (χ2n) is 4.17. The molecule has 2 rings (SSSR count). The largest absolute Gasteiger partial charge is 0.478 e. The Hall–Kier alpha value is -1.59. The molecule has 0 amide bonds. The van der Waals surface area contributed by atoms with Crippen molar-refractivity contribution in [3.8, 4) is 0 Å². The number of anilines is 1. The Bertz CT molecular complexity index is 625. The number of carboxylic acids is 1. The number of carbonyl (C=O) groups is 1. The fourth-order valence-electron chi connectivity index (χ4n) is 1.76. The number of aryl methyl sites for hydroxylation is 1. The van der Waals surface area contributed by atoms with E-state index in [2.05, 4.69) is 10.3 Å². The van der Waals surface area contributed by atoms with Crippen LogP contribution in [0.3, 0.4) is 0 Å². The summed E-state index contributed by atoms with van der Waals surface area (Å²) in [6, 6.07) is 3.43. The van der Waals surface area contributed by atoms with Crippen LogP contribution < -0.4 is 5.32 Å². The van der Waals surface area contributed by atoms with Crippen molar-refractivity contribution in [2.75, 3.05) is 5.32 Å². The summed E-state index contributed by atoms with van der Waals surface area (Å²) < 4.78 is 0.483. The van der Waals surface area contributed by atoms with Crippen molar-refractivity contribution in [3.05, 3.63) is 44.4 Å². The highest BCUT2D eigenvalue weighted by molar-refractivity contribution is 7.15. The molecule has 0 spiro atoms. The van der Waals surface area contributed by atoms with E-state index in [1.165, 1.54) is 11.3 Å². The minimum absolute atomic E-state index is 0.277. The molecule has 0 aliphatic heterocycles. The van der Waals surface area contributed by atoms with Gasteiger partial charge in [0.25, 0.3) is 0 Å².